The maximum absolute atomic E-state index is 13.1. The Morgan fingerprint density at radius 1 is 0.806 bits per heavy atom. The van der Waals surface area contributed by atoms with Crippen molar-refractivity contribution in [1.29, 1.82) is 0 Å². The molecule has 6 N–H and O–H groups in total. The molecule has 9 nitrogen and oxygen atoms in total. The Bertz CT molecular complexity index is 685. The molecule has 0 aromatic rings. The number of hydrogen-bond acceptors (Lipinski definition) is 5. The summed E-state index contributed by atoms with van der Waals surface area (Å²) in [6.07, 6.45) is 11.0. The van der Waals surface area contributed by atoms with E-state index in [2.05, 4.69) is 35.1 Å². The molecule has 0 spiro atoms. The van der Waals surface area contributed by atoms with Gasteiger partial charge in [0, 0.05) is 12.5 Å². The molecule has 1 heterocycles. The minimum absolute atomic E-state index is 0.100. The molecule has 1 rings (SSSR count). The molecule has 0 aromatic carbocycles. The highest BCUT2D eigenvalue weighted by Crippen LogP contribution is 2.16. The fraction of sp³-hybridized carbons (Fsp3) is 0.852. The van der Waals surface area contributed by atoms with E-state index in [4.69, 9.17) is 5.73 Å². The quantitative estimate of drug-likeness (QED) is 0.229. The summed E-state index contributed by atoms with van der Waals surface area (Å²) in [7, 11) is 0. The average Bonchev–Trinajstić information content (AvgIpc) is 2.84. The molecule has 1 fully saturated rings. The highest BCUT2D eigenvalue weighted by atomic mass is 16.2. The standard InChI is InChI=1S/C27H51N5O4/c1-5-20(4)13-10-8-6-7-9-11-14-21-17-23(33)29-18-24(34)31-22(15-12-16-28)26(35)32-25(19(2)3)27(36)30-21/h19-22,25H,5-18,28H2,1-4H3,(H,29,33)(H,30,36)(H,31,34)(H,32,35)/t20?,21?,22-,25?/m0/s1. The first-order chi connectivity index (χ1) is 17.2. The molecule has 0 bridgehead atoms. The van der Waals surface area contributed by atoms with Gasteiger partial charge in [-0.2, -0.15) is 0 Å². The Labute approximate surface area is 217 Å². The number of hydrogen-bond donors (Lipinski definition) is 5. The van der Waals surface area contributed by atoms with Crippen LogP contribution < -0.4 is 27.0 Å². The van der Waals surface area contributed by atoms with Crippen LogP contribution in [-0.2, 0) is 19.2 Å². The smallest absolute Gasteiger partial charge is 0.243 e. The summed E-state index contributed by atoms with van der Waals surface area (Å²) in [5, 5.41) is 11.1. The van der Waals surface area contributed by atoms with Crippen molar-refractivity contribution in [3.63, 3.8) is 0 Å². The van der Waals surface area contributed by atoms with Gasteiger partial charge in [-0.25, -0.2) is 0 Å². The van der Waals surface area contributed by atoms with Gasteiger partial charge in [-0.1, -0.05) is 79.1 Å². The number of nitrogens with one attached hydrogen (secondary N) is 4. The molecule has 4 atom stereocenters. The van der Waals surface area contributed by atoms with Gasteiger partial charge >= 0.3 is 0 Å². The summed E-state index contributed by atoms with van der Waals surface area (Å²) in [5.41, 5.74) is 5.58. The molecule has 0 aliphatic carbocycles. The van der Waals surface area contributed by atoms with Crippen molar-refractivity contribution < 1.29 is 19.2 Å². The number of nitrogens with two attached hydrogens (primary N) is 1. The zero-order chi connectivity index (χ0) is 26.9. The predicted molar refractivity (Wildman–Crippen MR) is 143 cm³/mol. The molecule has 0 saturated carbocycles. The summed E-state index contributed by atoms with van der Waals surface area (Å²) in [6.45, 7) is 8.43. The topological polar surface area (TPSA) is 142 Å². The van der Waals surface area contributed by atoms with Gasteiger partial charge in [0.15, 0.2) is 0 Å². The van der Waals surface area contributed by atoms with Gasteiger partial charge in [-0.15, -0.1) is 0 Å². The van der Waals surface area contributed by atoms with Crippen molar-refractivity contribution in [3.05, 3.63) is 0 Å². The van der Waals surface area contributed by atoms with E-state index in [1.54, 1.807) is 0 Å². The molecule has 0 radical (unpaired) electrons. The van der Waals surface area contributed by atoms with Gasteiger partial charge in [0.2, 0.25) is 23.6 Å². The summed E-state index contributed by atoms with van der Waals surface area (Å²) in [4.78, 5) is 50.9. The Balaban J connectivity index is 2.73. The van der Waals surface area contributed by atoms with Crippen molar-refractivity contribution in [3.8, 4) is 0 Å². The molecule has 4 amide bonds. The van der Waals surface area contributed by atoms with Crippen molar-refractivity contribution >= 4 is 23.6 Å². The van der Waals surface area contributed by atoms with Crippen LogP contribution in [0.5, 0.6) is 0 Å². The zero-order valence-electron chi connectivity index (χ0n) is 23.0. The van der Waals surface area contributed by atoms with Crippen LogP contribution in [0.25, 0.3) is 0 Å². The third-order valence-corrected chi connectivity index (χ3v) is 7.02. The van der Waals surface area contributed by atoms with E-state index in [-0.39, 0.29) is 36.7 Å². The molecule has 0 aromatic heterocycles. The lowest BCUT2D eigenvalue weighted by Gasteiger charge is -2.27. The Morgan fingerprint density at radius 3 is 2.11 bits per heavy atom. The average molecular weight is 510 g/mol. The van der Waals surface area contributed by atoms with Crippen LogP contribution in [0.4, 0.5) is 0 Å². The lowest BCUT2D eigenvalue weighted by molar-refractivity contribution is -0.133. The third kappa shape index (κ3) is 13.2. The number of carbonyl (C=O) groups is 4. The van der Waals surface area contributed by atoms with Gasteiger partial charge < -0.3 is 27.0 Å². The lowest BCUT2D eigenvalue weighted by atomic mass is 9.98. The first-order valence-electron chi connectivity index (χ1n) is 14.0. The number of rotatable bonds is 14. The van der Waals surface area contributed by atoms with Gasteiger partial charge in [0.05, 0.1) is 6.54 Å². The monoisotopic (exact) mass is 509 g/mol. The number of unbranched alkanes of at least 4 members (excludes halogenated alkanes) is 5. The SMILES string of the molecule is CCC(C)CCCCCCCCC1CC(=O)NCC(=O)N[C@@H](CCCN)C(=O)NC(C(C)C)C(=O)N1. The summed E-state index contributed by atoms with van der Waals surface area (Å²) < 4.78 is 0. The fourth-order valence-electron chi connectivity index (χ4n) is 4.41. The maximum atomic E-state index is 13.1. The minimum atomic E-state index is -0.811. The fourth-order valence-corrected chi connectivity index (χ4v) is 4.41. The summed E-state index contributed by atoms with van der Waals surface area (Å²) in [5.74, 6) is -0.809. The van der Waals surface area contributed by atoms with Crippen molar-refractivity contribution in [2.45, 2.75) is 123 Å². The Morgan fingerprint density at radius 2 is 1.47 bits per heavy atom. The highest BCUT2D eigenvalue weighted by molar-refractivity contribution is 5.94. The molecule has 9 heteroatoms. The largest absolute Gasteiger partial charge is 0.351 e. The summed E-state index contributed by atoms with van der Waals surface area (Å²) in [6, 6.07) is -1.92. The normalized spacial score (nSPS) is 23.0. The van der Waals surface area contributed by atoms with E-state index >= 15 is 0 Å². The van der Waals surface area contributed by atoms with E-state index in [0.29, 0.717) is 25.8 Å². The Hall–Kier alpha value is -2.16. The Kier molecular flexibility index (Phi) is 16.1. The van der Waals surface area contributed by atoms with Crippen molar-refractivity contribution in [1.82, 2.24) is 21.3 Å². The molecular weight excluding hydrogens is 458 g/mol. The van der Waals surface area contributed by atoms with Gasteiger partial charge in [-0.05, 0) is 37.6 Å². The molecule has 3 unspecified atom stereocenters. The maximum Gasteiger partial charge on any atom is 0.243 e. The van der Waals surface area contributed by atoms with Crippen LogP contribution in [0.1, 0.15) is 105 Å². The highest BCUT2D eigenvalue weighted by Gasteiger charge is 2.30. The van der Waals surface area contributed by atoms with Crippen molar-refractivity contribution in [2.24, 2.45) is 17.6 Å². The van der Waals surface area contributed by atoms with E-state index in [1.165, 1.54) is 32.1 Å². The van der Waals surface area contributed by atoms with Crippen LogP contribution in [0.3, 0.4) is 0 Å². The zero-order valence-corrected chi connectivity index (χ0v) is 23.0. The lowest BCUT2D eigenvalue weighted by Crippen LogP contribution is -2.56. The molecule has 1 saturated heterocycles. The van der Waals surface area contributed by atoms with Gasteiger partial charge in [0.1, 0.15) is 12.1 Å². The molecule has 36 heavy (non-hydrogen) atoms. The first kappa shape index (κ1) is 31.9. The van der Waals surface area contributed by atoms with E-state index < -0.39 is 23.9 Å². The number of amides is 4. The third-order valence-electron chi connectivity index (χ3n) is 7.02. The van der Waals surface area contributed by atoms with Crippen LogP contribution in [0, 0.1) is 11.8 Å². The summed E-state index contributed by atoms with van der Waals surface area (Å²) >= 11 is 0. The van der Waals surface area contributed by atoms with Crippen molar-refractivity contribution in [2.75, 3.05) is 13.1 Å². The number of carbonyl (C=O) groups excluding carboxylic acids is 4. The van der Waals surface area contributed by atoms with E-state index in [0.717, 1.165) is 25.2 Å². The van der Waals surface area contributed by atoms with Crippen LogP contribution >= 0.6 is 0 Å². The predicted octanol–water partition coefficient (Wildman–Crippen LogP) is 2.52. The second-order valence-corrected chi connectivity index (χ2v) is 10.7. The molecule has 1 aliphatic heterocycles. The van der Waals surface area contributed by atoms with Gasteiger partial charge in [-0.3, -0.25) is 19.2 Å². The molecular formula is C27H51N5O4. The molecule has 208 valence electrons. The van der Waals surface area contributed by atoms with Crippen LogP contribution in [0.15, 0.2) is 0 Å². The van der Waals surface area contributed by atoms with Crippen LogP contribution in [0.2, 0.25) is 0 Å². The van der Waals surface area contributed by atoms with E-state index in [9.17, 15) is 19.2 Å². The van der Waals surface area contributed by atoms with Gasteiger partial charge in [0.25, 0.3) is 0 Å². The minimum Gasteiger partial charge on any atom is -0.351 e. The molecule has 1 aliphatic rings. The second kappa shape index (κ2) is 18.1. The van der Waals surface area contributed by atoms with E-state index in [1.807, 2.05) is 13.8 Å². The van der Waals surface area contributed by atoms with Crippen LogP contribution in [-0.4, -0.2) is 54.8 Å². The first-order valence-corrected chi connectivity index (χ1v) is 14.0. The second-order valence-electron chi connectivity index (χ2n) is 10.7.